The second kappa shape index (κ2) is 7.81. The number of anilines is 1. The van der Waals surface area contributed by atoms with E-state index in [0.717, 1.165) is 25.4 Å². The van der Waals surface area contributed by atoms with Crippen molar-refractivity contribution in [2.75, 3.05) is 45.2 Å². The maximum Gasteiger partial charge on any atom is 0.0363 e. The minimum atomic E-state index is 0.484. The molecule has 3 nitrogen and oxygen atoms in total. The number of hydrogen-bond donors (Lipinski definition) is 1. The fourth-order valence-electron chi connectivity index (χ4n) is 3.37. The van der Waals surface area contributed by atoms with E-state index in [4.69, 9.17) is 0 Å². The van der Waals surface area contributed by atoms with Gasteiger partial charge < -0.3 is 15.1 Å². The number of nitrogens with zero attached hydrogens (tertiary/aromatic N) is 2. The average molecular weight is 289 g/mol. The van der Waals surface area contributed by atoms with Gasteiger partial charge in [0.15, 0.2) is 0 Å². The monoisotopic (exact) mass is 289 g/mol. The van der Waals surface area contributed by atoms with Gasteiger partial charge in [-0.3, -0.25) is 0 Å². The van der Waals surface area contributed by atoms with E-state index >= 15 is 0 Å². The zero-order valence-corrected chi connectivity index (χ0v) is 14.1. The predicted molar refractivity (Wildman–Crippen MR) is 92.0 cm³/mol. The fraction of sp³-hybridized carbons (Fsp3) is 0.667. The van der Waals surface area contributed by atoms with Gasteiger partial charge in [0.05, 0.1) is 0 Å². The Morgan fingerprint density at radius 2 is 2.00 bits per heavy atom. The molecule has 0 spiro atoms. The molecule has 2 atom stereocenters. The predicted octanol–water partition coefficient (Wildman–Crippen LogP) is 3.14. The van der Waals surface area contributed by atoms with Crippen LogP contribution in [0.1, 0.15) is 38.3 Å². The second-order valence-electron chi connectivity index (χ2n) is 6.41. The van der Waals surface area contributed by atoms with Crippen molar-refractivity contribution in [2.24, 2.45) is 5.92 Å². The first-order valence-electron chi connectivity index (χ1n) is 8.37. The minimum absolute atomic E-state index is 0.484. The summed E-state index contributed by atoms with van der Waals surface area (Å²) in [6.45, 7) is 9.08. The minimum Gasteiger partial charge on any atom is -0.374 e. The van der Waals surface area contributed by atoms with Crippen molar-refractivity contribution < 1.29 is 0 Å². The molecule has 0 amide bonds. The lowest BCUT2D eigenvalue weighted by Crippen LogP contribution is -2.27. The summed E-state index contributed by atoms with van der Waals surface area (Å²) < 4.78 is 0. The molecule has 0 bridgehead atoms. The Balaban J connectivity index is 1.94. The molecule has 21 heavy (non-hydrogen) atoms. The Labute approximate surface area is 130 Å². The van der Waals surface area contributed by atoms with E-state index in [1.807, 2.05) is 0 Å². The molecule has 118 valence electrons. The van der Waals surface area contributed by atoms with Crippen LogP contribution in [0.15, 0.2) is 24.3 Å². The van der Waals surface area contributed by atoms with Crippen molar-refractivity contribution in [3.63, 3.8) is 0 Å². The standard InChI is InChI=1S/C18H31N3/c1-5-18(19-6-2)16-7-9-17(10-8-16)21(4)14-15-11-12-20(3)13-15/h7-10,15,18-19H,5-6,11-14H2,1-4H3. The first-order valence-corrected chi connectivity index (χ1v) is 8.37. The van der Waals surface area contributed by atoms with Crippen LogP contribution >= 0.6 is 0 Å². The molecule has 1 N–H and O–H groups in total. The van der Waals surface area contributed by atoms with E-state index in [1.165, 1.54) is 30.8 Å². The Kier molecular flexibility index (Phi) is 6.07. The Hall–Kier alpha value is -1.06. The van der Waals surface area contributed by atoms with E-state index in [0.29, 0.717) is 6.04 Å². The van der Waals surface area contributed by atoms with Crippen molar-refractivity contribution in [1.82, 2.24) is 10.2 Å². The number of rotatable bonds is 7. The highest BCUT2D eigenvalue weighted by molar-refractivity contribution is 5.47. The van der Waals surface area contributed by atoms with E-state index in [1.54, 1.807) is 0 Å². The third kappa shape index (κ3) is 4.45. The lowest BCUT2D eigenvalue weighted by Gasteiger charge is -2.24. The van der Waals surface area contributed by atoms with Crippen LogP contribution < -0.4 is 10.2 Å². The third-order valence-electron chi connectivity index (χ3n) is 4.62. The van der Waals surface area contributed by atoms with Crippen LogP contribution in [0, 0.1) is 5.92 Å². The third-order valence-corrected chi connectivity index (χ3v) is 4.62. The lowest BCUT2D eigenvalue weighted by molar-refractivity contribution is 0.396. The van der Waals surface area contributed by atoms with E-state index < -0.39 is 0 Å². The number of hydrogen-bond acceptors (Lipinski definition) is 3. The zero-order chi connectivity index (χ0) is 15.2. The van der Waals surface area contributed by atoms with Gasteiger partial charge in [-0.05, 0) is 56.6 Å². The van der Waals surface area contributed by atoms with E-state index in [9.17, 15) is 0 Å². The molecule has 0 aromatic heterocycles. The molecule has 0 radical (unpaired) electrons. The molecule has 1 saturated heterocycles. The highest BCUT2D eigenvalue weighted by Gasteiger charge is 2.20. The Bertz CT molecular complexity index is 415. The Morgan fingerprint density at radius 3 is 2.52 bits per heavy atom. The highest BCUT2D eigenvalue weighted by Crippen LogP contribution is 2.23. The summed E-state index contributed by atoms with van der Waals surface area (Å²) in [7, 11) is 4.44. The number of likely N-dealkylation sites (tertiary alicyclic amines) is 1. The zero-order valence-electron chi connectivity index (χ0n) is 14.1. The van der Waals surface area contributed by atoms with E-state index in [-0.39, 0.29) is 0 Å². The molecule has 2 rings (SSSR count). The van der Waals surface area contributed by atoms with Crippen LogP contribution in [0.4, 0.5) is 5.69 Å². The van der Waals surface area contributed by atoms with Crippen LogP contribution in [0.3, 0.4) is 0 Å². The quantitative estimate of drug-likeness (QED) is 0.832. The van der Waals surface area contributed by atoms with Gasteiger partial charge >= 0.3 is 0 Å². The van der Waals surface area contributed by atoms with Gasteiger partial charge in [-0.2, -0.15) is 0 Å². The summed E-state index contributed by atoms with van der Waals surface area (Å²) in [6.07, 6.45) is 2.47. The normalized spacial score (nSPS) is 20.7. The van der Waals surface area contributed by atoms with Gasteiger partial charge in [0.2, 0.25) is 0 Å². The first-order chi connectivity index (χ1) is 10.1. The molecule has 1 aliphatic heterocycles. The smallest absolute Gasteiger partial charge is 0.0363 e. The molecule has 1 heterocycles. The second-order valence-corrected chi connectivity index (χ2v) is 6.41. The van der Waals surface area contributed by atoms with Gasteiger partial charge in [0, 0.05) is 31.9 Å². The van der Waals surface area contributed by atoms with Crippen molar-refractivity contribution in [2.45, 2.75) is 32.7 Å². The van der Waals surface area contributed by atoms with Crippen molar-refractivity contribution in [3.05, 3.63) is 29.8 Å². The molecule has 1 aliphatic rings. The van der Waals surface area contributed by atoms with Gasteiger partial charge in [-0.1, -0.05) is 26.0 Å². The molecule has 1 aromatic rings. The summed E-state index contributed by atoms with van der Waals surface area (Å²) in [5, 5.41) is 3.54. The summed E-state index contributed by atoms with van der Waals surface area (Å²) in [5.41, 5.74) is 2.73. The molecule has 3 heteroatoms. The molecule has 2 unspecified atom stereocenters. The van der Waals surface area contributed by atoms with Gasteiger partial charge in [-0.25, -0.2) is 0 Å². The number of benzene rings is 1. The summed E-state index contributed by atoms with van der Waals surface area (Å²) >= 11 is 0. The molecule has 1 fully saturated rings. The highest BCUT2D eigenvalue weighted by atomic mass is 15.1. The maximum absolute atomic E-state index is 3.54. The van der Waals surface area contributed by atoms with Gasteiger partial charge in [-0.15, -0.1) is 0 Å². The van der Waals surface area contributed by atoms with Gasteiger partial charge in [0.1, 0.15) is 0 Å². The molecule has 0 aliphatic carbocycles. The maximum atomic E-state index is 3.54. The Morgan fingerprint density at radius 1 is 1.29 bits per heavy atom. The fourth-order valence-corrected chi connectivity index (χ4v) is 3.37. The summed E-state index contributed by atoms with van der Waals surface area (Å²) in [5.74, 6) is 0.810. The molecule has 0 saturated carbocycles. The SMILES string of the molecule is CCNC(CC)c1ccc(N(C)CC2CCN(C)C2)cc1. The van der Waals surface area contributed by atoms with Crippen molar-refractivity contribution in [1.29, 1.82) is 0 Å². The first kappa shape index (κ1) is 16.3. The van der Waals surface area contributed by atoms with Crippen LogP contribution in [0.5, 0.6) is 0 Å². The molecular formula is C18H31N3. The van der Waals surface area contributed by atoms with Crippen LogP contribution in [-0.4, -0.2) is 45.2 Å². The van der Waals surface area contributed by atoms with Crippen molar-refractivity contribution >= 4 is 5.69 Å². The van der Waals surface area contributed by atoms with Crippen LogP contribution in [0.2, 0.25) is 0 Å². The van der Waals surface area contributed by atoms with Gasteiger partial charge in [0.25, 0.3) is 0 Å². The molecular weight excluding hydrogens is 258 g/mol. The molecule has 1 aromatic carbocycles. The summed E-state index contributed by atoms with van der Waals surface area (Å²) in [4.78, 5) is 4.84. The lowest BCUT2D eigenvalue weighted by atomic mass is 10.0. The topological polar surface area (TPSA) is 18.5 Å². The average Bonchev–Trinajstić information content (AvgIpc) is 2.90. The van der Waals surface area contributed by atoms with Crippen LogP contribution in [-0.2, 0) is 0 Å². The number of nitrogens with one attached hydrogen (secondary N) is 1. The summed E-state index contributed by atoms with van der Waals surface area (Å²) in [6, 6.07) is 9.59. The van der Waals surface area contributed by atoms with Crippen LogP contribution in [0.25, 0.3) is 0 Å². The largest absolute Gasteiger partial charge is 0.374 e. The van der Waals surface area contributed by atoms with E-state index in [2.05, 4.69) is 67.3 Å². The van der Waals surface area contributed by atoms with Crippen molar-refractivity contribution in [3.8, 4) is 0 Å².